The van der Waals surface area contributed by atoms with Crippen LogP contribution in [0.4, 0.5) is 0 Å². The summed E-state index contributed by atoms with van der Waals surface area (Å²) in [5.41, 5.74) is -1.21. The summed E-state index contributed by atoms with van der Waals surface area (Å²) in [7, 11) is 0. The number of carboxylic acids is 1. The quantitative estimate of drug-likeness (QED) is 0.744. The molecule has 3 rings (SSSR count). The van der Waals surface area contributed by atoms with Gasteiger partial charge in [0.15, 0.2) is 0 Å². The van der Waals surface area contributed by atoms with E-state index in [2.05, 4.69) is 15.9 Å². The van der Waals surface area contributed by atoms with Gasteiger partial charge in [-0.25, -0.2) is 0 Å². The molecule has 2 N–H and O–H groups in total. The Bertz CT molecular complexity index is 302. The van der Waals surface area contributed by atoms with E-state index in [0.29, 0.717) is 6.42 Å². The number of fused-ring (bicyclic) bond motifs is 1. The SMILES string of the molecule is CC1(C)C2(CO)CCC1(C(=O)O)C2Br. The van der Waals surface area contributed by atoms with Crippen LogP contribution >= 0.6 is 15.9 Å². The Balaban J connectivity index is 2.48. The summed E-state index contributed by atoms with van der Waals surface area (Å²) in [6, 6.07) is 0. The molecule has 3 atom stereocenters. The molecule has 3 aliphatic rings. The highest BCUT2D eigenvalue weighted by Crippen LogP contribution is 2.79. The fourth-order valence-corrected chi connectivity index (χ4v) is 5.55. The number of carbonyl (C=O) groups is 1. The van der Waals surface area contributed by atoms with Gasteiger partial charge < -0.3 is 10.2 Å². The van der Waals surface area contributed by atoms with E-state index in [0.717, 1.165) is 6.42 Å². The van der Waals surface area contributed by atoms with Gasteiger partial charge in [-0.15, -0.1) is 0 Å². The van der Waals surface area contributed by atoms with Crippen molar-refractivity contribution in [2.75, 3.05) is 6.61 Å². The van der Waals surface area contributed by atoms with Crippen molar-refractivity contribution in [1.82, 2.24) is 0 Å². The summed E-state index contributed by atoms with van der Waals surface area (Å²) in [5.74, 6) is -0.731. The average Bonchev–Trinajstić information content (AvgIpc) is 2.53. The van der Waals surface area contributed by atoms with E-state index in [4.69, 9.17) is 0 Å². The first kappa shape index (κ1) is 10.4. The van der Waals surface area contributed by atoms with E-state index >= 15 is 0 Å². The molecule has 0 amide bonds. The third-order valence-corrected chi connectivity index (χ3v) is 6.57. The standard InChI is InChI=1S/C10H15BrO3/c1-8(2)9(5-12)3-4-10(8,6(9)11)7(13)14/h6,12H,3-5H2,1-2H3,(H,13,14). The summed E-state index contributed by atoms with van der Waals surface area (Å²) in [6.07, 6.45) is 1.48. The Morgan fingerprint density at radius 2 is 2.07 bits per heavy atom. The maximum absolute atomic E-state index is 11.3. The van der Waals surface area contributed by atoms with Gasteiger partial charge >= 0.3 is 5.97 Å². The number of aliphatic hydroxyl groups excluding tert-OH is 1. The van der Waals surface area contributed by atoms with Gasteiger partial charge in [0.25, 0.3) is 0 Å². The zero-order valence-corrected chi connectivity index (χ0v) is 9.97. The minimum Gasteiger partial charge on any atom is -0.481 e. The predicted molar refractivity (Wildman–Crippen MR) is 55.3 cm³/mol. The first-order valence-electron chi connectivity index (χ1n) is 4.85. The van der Waals surface area contributed by atoms with Gasteiger partial charge in [-0.1, -0.05) is 29.8 Å². The highest BCUT2D eigenvalue weighted by atomic mass is 79.9. The van der Waals surface area contributed by atoms with Gasteiger partial charge in [-0.05, 0) is 18.3 Å². The summed E-state index contributed by atoms with van der Waals surface area (Å²) in [5, 5.41) is 18.8. The van der Waals surface area contributed by atoms with Gasteiger partial charge in [0.05, 0.1) is 12.0 Å². The molecule has 3 unspecified atom stereocenters. The monoisotopic (exact) mass is 262 g/mol. The minimum atomic E-state index is -0.731. The summed E-state index contributed by atoms with van der Waals surface area (Å²) >= 11 is 3.46. The topological polar surface area (TPSA) is 57.5 Å². The van der Waals surface area contributed by atoms with E-state index < -0.39 is 11.4 Å². The fraction of sp³-hybridized carbons (Fsp3) is 0.900. The van der Waals surface area contributed by atoms with Gasteiger partial charge in [0.2, 0.25) is 0 Å². The second kappa shape index (κ2) is 2.53. The van der Waals surface area contributed by atoms with Gasteiger partial charge in [-0.2, -0.15) is 0 Å². The van der Waals surface area contributed by atoms with Gasteiger partial charge in [0.1, 0.15) is 0 Å². The zero-order valence-electron chi connectivity index (χ0n) is 8.38. The van der Waals surface area contributed by atoms with Crippen molar-refractivity contribution < 1.29 is 15.0 Å². The summed E-state index contributed by atoms with van der Waals surface area (Å²) in [4.78, 5) is 11.3. The molecule has 4 heteroatoms. The number of alkyl halides is 1. The number of hydrogen-bond acceptors (Lipinski definition) is 2. The molecule has 0 spiro atoms. The highest BCUT2D eigenvalue weighted by molar-refractivity contribution is 9.09. The number of hydrogen-bond donors (Lipinski definition) is 2. The number of aliphatic carboxylic acids is 1. The normalized spacial score (nSPS) is 48.7. The average molecular weight is 263 g/mol. The lowest BCUT2D eigenvalue weighted by atomic mass is 9.43. The molecule has 0 aromatic carbocycles. The molecule has 3 nitrogen and oxygen atoms in total. The van der Waals surface area contributed by atoms with Gasteiger partial charge in [0, 0.05) is 10.2 Å². The Morgan fingerprint density at radius 1 is 1.50 bits per heavy atom. The van der Waals surface area contributed by atoms with Crippen LogP contribution in [0.5, 0.6) is 0 Å². The smallest absolute Gasteiger partial charge is 0.311 e. The lowest BCUT2D eigenvalue weighted by Crippen LogP contribution is -2.69. The Hall–Kier alpha value is -0.0900. The minimum absolute atomic E-state index is 0.0744. The number of halogens is 1. The third-order valence-electron chi connectivity index (χ3n) is 4.91. The Kier molecular flexibility index (Phi) is 1.88. The lowest BCUT2D eigenvalue weighted by Gasteiger charge is -2.63. The van der Waals surface area contributed by atoms with E-state index in [1.165, 1.54) is 0 Å². The maximum Gasteiger partial charge on any atom is 0.311 e. The van der Waals surface area contributed by atoms with Crippen molar-refractivity contribution >= 4 is 21.9 Å². The molecule has 0 aliphatic heterocycles. The van der Waals surface area contributed by atoms with Crippen LogP contribution in [0, 0.1) is 16.2 Å². The first-order chi connectivity index (χ1) is 6.37. The van der Waals surface area contributed by atoms with Crippen LogP contribution in [0.2, 0.25) is 0 Å². The number of aliphatic hydroxyl groups is 1. The third kappa shape index (κ3) is 0.673. The largest absolute Gasteiger partial charge is 0.481 e. The van der Waals surface area contributed by atoms with Crippen LogP contribution < -0.4 is 0 Å². The maximum atomic E-state index is 11.3. The van der Waals surface area contributed by atoms with Crippen molar-refractivity contribution in [2.45, 2.75) is 31.5 Å². The molecule has 2 bridgehead atoms. The summed E-state index contributed by atoms with van der Waals surface area (Å²) in [6.45, 7) is 4.00. The molecule has 0 aromatic rings. The van der Waals surface area contributed by atoms with Crippen LogP contribution in [-0.4, -0.2) is 27.6 Å². The molecular weight excluding hydrogens is 248 g/mol. The number of rotatable bonds is 2. The van der Waals surface area contributed by atoms with E-state index in [9.17, 15) is 15.0 Å². The van der Waals surface area contributed by atoms with Crippen LogP contribution in [-0.2, 0) is 4.79 Å². The van der Waals surface area contributed by atoms with E-state index in [1.54, 1.807) is 0 Å². The second-order valence-corrected chi connectivity index (χ2v) is 5.99. The van der Waals surface area contributed by atoms with Crippen molar-refractivity contribution in [1.29, 1.82) is 0 Å². The van der Waals surface area contributed by atoms with Crippen molar-refractivity contribution in [2.24, 2.45) is 16.2 Å². The van der Waals surface area contributed by atoms with E-state index in [1.807, 2.05) is 13.8 Å². The van der Waals surface area contributed by atoms with Crippen molar-refractivity contribution in [3.05, 3.63) is 0 Å². The molecule has 0 radical (unpaired) electrons. The fourth-order valence-electron chi connectivity index (χ4n) is 3.61. The van der Waals surface area contributed by atoms with Crippen LogP contribution in [0.3, 0.4) is 0 Å². The van der Waals surface area contributed by atoms with Crippen LogP contribution in [0.25, 0.3) is 0 Å². The molecule has 0 aromatic heterocycles. The molecular formula is C10H15BrO3. The lowest BCUT2D eigenvalue weighted by molar-refractivity contribution is -0.188. The Labute approximate surface area is 91.6 Å². The molecule has 3 saturated carbocycles. The zero-order chi connectivity index (χ0) is 10.8. The van der Waals surface area contributed by atoms with Crippen molar-refractivity contribution in [3.63, 3.8) is 0 Å². The number of carboxylic acid groups (broad SMARTS) is 1. The molecule has 3 aliphatic carbocycles. The summed E-state index contributed by atoms with van der Waals surface area (Å²) < 4.78 is 0. The van der Waals surface area contributed by atoms with Crippen LogP contribution in [0.15, 0.2) is 0 Å². The molecule has 0 heterocycles. The van der Waals surface area contributed by atoms with E-state index in [-0.39, 0.29) is 22.3 Å². The van der Waals surface area contributed by atoms with Crippen molar-refractivity contribution in [3.8, 4) is 0 Å². The molecule has 14 heavy (non-hydrogen) atoms. The Morgan fingerprint density at radius 3 is 2.29 bits per heavy atom. The van der Waals surface area contributed by atoms with Gasteiger partial charge in [-0.3, -0.25) is 4.79 Å². The first-order valence-corrected chi connectivity index (χ1v) is 5.77. The molecule has 3 fully saturated rings. The molecule has 0 saturated heterocycles. The second-order valence-electron chi connectivity index (χ2n) is 5.08. The predicted octanol–water partition coefficient (Wildman–Crippen LogP) is 1.63. The van der Waals surface area contributed by atoms with Crippen LogP contribution in [0.1, 0.15) is 26.7 Å². The highest BCUT2D eigenvalue weighted by Gasteiger charge is 2.82. The molecule has 80 valence electrons.